The average Bonchev–Trinajstić information content (AvgIpc) is 2.98. The molecular formula is C25H30N4O3. The van der Waals surface area contributed by atoms with E-state index in [0.29, 0.717) is 24.3 Å². The largest absolute Gasteiger partial charge is 0.497 e. The van der Waals surface area contributed by atoms with Crippen LogP contribution in [0.4, 0.5) is 0 Å². The van der Waals surface area contributed by atoms with Crippen molar-refractivity contribution in [2.75, 3.05) is 20.2 Å². The molecule has 0 radical (unpaired) electrons. The summed E-state index contributed by atoms with van der Waals surface area (Å²) in [4.78, 5) is 32.1. The van der Waals surface area contributed by atoms with Crippen LogP contribution in [-0.4, -0.2) is 46.5 Å². The molecule has 4 rings (SSSR count). The van der Waals surface area contributed by atoms with Crippen LogP contribution in [0.15, 0.2) is 48.5 Å². The quantitative estimate of drug-likeness (QED) is 0.614. The molecule has 32 heavy (non-hydrogen) atoms. The summed E-state index contributed by atoms with van der Waals surface area (Å²) in [6.45, 7) is 2.55. The van der Waals surface area contributed by atoms with E-state index in [1.807, 2.05) is 29.2 Å². The first kappa shape index (κ1) is 21.9. The number of rotatable bonds is 7. The third-order valence-electron chi connectivity index (χ3n) is 6.00. The van der Waals surface area contributed by atoms with Crippen LogP contribution in [0.3, 0.4) is 0 Å². The molecule has 1 saturated heterocycles. The van der Waals surface area contributed by atoms with E-state index in [9.17, 15) is 9.59 Å². The van der Waals surface area contributed by atoms with Gasteiger partial charge in [0.15, 0.2) is 0 Å². The standard InChI is InChI=1S/C25H30N4O3/c1-32-20-12-10-19(11-13-20)25(31)26-18-23-27-21-8-4-5-9-22(21)29(23)17-14-24(30)28-15-6-2-3-7-16-28/h4-5,8-13H,2-3,6-7,14-18H2,1H3,(H,26,31). The fourth-order valence-electron chi connectivity index (χ4n) is 4.20. The summed E-state index contributed by atoms with van der Waals surface area (Å²) in [7, 11) is 1.59. The molecule has 1 aliphatic rings. The van der Waals surface area contributed by atoms with E-state index in [4.69, 9.17) is 9.72 Å². The van der Waals surface area contributed by atoms with Crippen molar-refractivity contribution in [1.82, 2.24) is 19.8 Å². The molecule has 0 bridgehead atoms. The number of fused-ring (bicyclic) bond motifs is 1. The van der Waals surface area contributed by atoms with Crippen LogP contribution in [0.1, 0.15) is 48.3 Å². The van der Waals surface area contributed by atoms with E-state index >= 15 is 0 Å². The van der Waals surface area contributed by atoms with Crippen LogP contribution < -0.4 is 10.1 Å². The van der Waals surface area contributed by atoms with Gasteiger partial charge in [-0.05, 0) is 49.2 Å². The molecule has 0 aliphatic carbocycles. The normalized spacial score (nSPS) is 14.2. The van der Waals surface area contributed by atoms with Crippen LogP contribution in [0.25, 0.3) is 11.0 Å². The molecule has 1 fully saturated rings. The minimum absolute atomic E-state index is 0.174. The number of carbonyl (C=O) groups is 2. The van der Waals surface area contributed by atoms with Gasteiger partial charge in [-0.2, -0.15) is 0 Å². The van der Waals surface area contributed by atoms with E-state index in [-0.39, 0.29) is 18.4 Å². The lowest BCUT2D eigenvalue weighted by Crippen LogP contribution is -2.32. The Bertz CT molecular complexity index is 1070. The first-order valence-electron chi connectivity index (χ1n) is 11.3. The number of imidazole rings is 1. The molecule has 7 heteroatoms. The summed E-state index contributed by atoms with van der Waals surface area (Å²) in [5.74, 6) is 1.47. The van der Waals surface area contributed by atoms with Crippen molar-refractivity contribution >= 4 is 22.8 Å². The van der Waals surface area contributed by atoms with Crippen molar-refractivity contribution in [2.24, 2.45) is 0 Å². The number of carbonyl (C=O) groups excluding carboxylic acids is 2. The van der Waals surface area contributed by atoms with Gasteiger partial charge in [0.1, 0.15) is 11.6 Å². The van der Waals surface area contributed by atoms with E-state index < -0.39 is 0 Å². The van der Waals surface area contributed by atoms with Crippen LogP contribution in [-0.2, 0) is 17.9 Å². The number of likely N-dealkylation sites (tertiary alicyclic amines) is 1. The Labute approximate surface area is 188 Å². The van der Waals surface area contributed by atoms with Gasteiger partial charge in [-0.25, -0.2) is 4.98 Å². The lowest BCUT2D eigenvalue weighted by Gasteiger charge is -2.20. The molecule has 0 unspecified atom stereocenters. The number of methoxy groups -OCH3 is 1. The molecule has 0 atom stereocenters. The number of ether oxygens (including phenoxy) is 1. The SMILES string of the molecule is COc1ccc(C(=O)NCc2nc3ccccc3n2CCC(=O)N2CCCCCC2)cc1. The smallest absolute Gasteiger partial charge is 0.251 e. The van der Waals surface area contributed by atoms with Gasteiger partial charge in [-0.15, -0.1) is 0 Å². The fraction of sp³-hybridized carbons (Fsp3) is 0.400. The van der Waals surface area contributed by atoms with Gasteiger partial charge in [0.05, 0.1) is 24.7 Å². The first-order chi connectivity index (χ1) is 15.7. The molecule has 168 valence electrons. The van der Waals surface area contributed by atoms with Crippen molar-refractivity contribution in [1.29, 1.82) is 0 Å². The van der Waals surface area contributed by atoms with Crippen molar-refractivity contribution in [3.63, 3.8) is 0 Å². The summed E-state index contributed by atoms with van der Waals surface area (Å²) in [6.07, 6.45) is 5.01. The maximum Gasteiger partial charge on any atom is 0.251 e. The van der Waals surface area contributed by atoms with E-state index in [1.54, 1.807) is 31.4 Å². The van der Waals surface area contributed by atoms with Crippen LogP contribution in [0.2, 0.25) is 0 Å². The number of aryl methyl sites for hydroxylation is 1. The molecule has 2 heterocycles. The third kappa shape index (κ3) is 5.10. The number of benzene rings is 2. The zero-order valence-electron chi connectivity index (χ0n) is 18.5. The second kappa shape index (κ2) is 10.3. The van der Waals surface area contributed by atoms with Crippen LogP contribution >= 0.6 is 0 Å². The fourth-order valence-corrected chi connectivity index (χ4v) is 4.20. The second-order valence-electron chi connectivity index (χ2n) is 8.12. The Morgan fingerprint density at radius 1 is 1.00 bits per heavy atom. The van der Waals surface area contributed by atoms with Crippen molar-refractivity contribution in [2.45, 2.75) is 45.2 Å². The summed E-state index contributed by atoms with van der Waals surface area (Å²) in [5.41, 5.74) is 2.40. The van der Waals surface area contributed by atoms with E-state index in [1.165, 1.54) is 12.8 Å². The predicted octanol–water partition coefficient (Wildman–Crippen LogP) is 3.77. The van der Waals surface area contributed by atoms with Gasteiger partial charge >= 0.3 is 0 Å². The molecule has 1 aliphatic heterocycles. The minimum atomic E-state index is -0.174. The van der Waals surface area contributed by atoms with Gasteiger partial charge in [0, 0.05) is 31.6 Å². The number of hydrogen-bond donors (Lipinski definition) is 1. The molecule has 0 saturated carbocycles. The van der Waals surface area contributed by atoms with Gasteiger partial charge in [0.25, 0.3) is 5.91 Å². The maximum atomic E-state index is 12.8. The first-order valence-corrected chi connectivity index (χ1v) is 11.3. The topological polar surface area (TPSA) is 76.5 Å². The molecule has 7 nitrogen and oxygen atoms in total. The predicted molar refractivity (Wildman–Crippen MR) is 124 cm³/mol. The molecule has 1 N–H and O–H groups in total. The van der Waals surface area contributed by atoms with E-state index in [0.717, 1.165) is 42.8 Å². The number of hydrogen-bond acceptors (Lipinski definition) is 4. The highest BCUT2D eigenvalue weighted by Crippen LogP contribution is 2.18. The molecular weight excluding hydrogens is 404 g/mol. The lowest BCUT2D eigenvalue weighted by molar-refractivity contribution is -0.131. The minimum Gasteiger partial charge on any atom is -0.497 e. The Morgan fingerprint density at radius 3 is 2.44 bits per heavy atom. The molecule has 0 spiro atoms. The van der Waals surface area contributed by atoms with Crippen molar-refractivity contribution in [3.8, 4) is 5.75 Å². The molecule has 2 aromatic carbocycles. The molecule has 1 aromatic heterocycles. The van der Waals surface area contributed by atoms with Gasteiger partial charge in [-0.1, -0.05) is 25.0 Å². The zero-order chi connectivity index (χ0) is 22.3. The number of aromatic nitrogens is 2. The van der Waals surface area contributed by atoms with Crippen molar-refractivity contribution in [3.05, 3.63) is 59.9 Å². The summed E-state index contributed by atoms with van der Waals surface area (Å²) >= 11 is 0. The number of nitrogens with zero attached hydrogens (tertiary/aromatic N) is 3. The number of nitrogens with one attached hydrogen (secondary N) is 1. The highest BCUT2D eigenvalue weighted by atomic mass is 16.5. The summed E-state index contributed by atoms with van der Waals surface area (Å²) in [6, 6.07) is 14.9. The van der Waals surface area contributed by atoms with Gasteiger partial charge in [0.2, 0.25) is 5.91 Å². The highest BCUT2D eigenvalue weighted by Gasteiger charge is 2.18. The third-order valence-corrected chi connectivity index (χ3v) is 6.00. The Kier molecular flexibility index (Phi) is 7.04. The zero-order valence-corrected chi connectivity index (χ0v) is 18.5. The second-order valence-corrected chi connectivity index (χ2v) is 8.12. The monoisotopic (exact) mass is 434 g/mol. The summed E-state index contributed by atoms with van der Waals surface area (Å²) < 4.78 is 7.20. The van der Waals surface area contributed by atoms with E-state index in [2.05, 4.69) is 9.88 Å². The van der Waals surface area contributed by atoms with Crippen molar-refractivity contribution < 1.29 is 14.3 Å². The average molecular weight is 435 g/mol. The lowest BCUT2D eigenvalue weighted by atomic mass is 10.2. The molecule has 3 aromatic rings. The van der Waals surface area contributed by atoms with Gasteiger partial charge < -0.3 is 19.5 Å². The Hall–Kier alpha value is -3.35. The van der Waals surface area contributed by atoms with Crippen LogP contribution in [0, 0.1) is 0 Å². The summed E-state index contributed by atoms with van der Waals surface area (Å²) in [5, 5.41) is 2.95. The Balaban J connectivity index is 1.46. The Morgan fingerprint density at radius 2 is 1.72 bits per heavy atom. The number of amides is 2. The molecule has 2 amide bonds. The highest BCUT2D eigenvalue weighted by molar-refractivity contribution is 5.94. The van der Waals surface area contributed by atoms with Crippen LogP contribution in [0.5, 0.6) is 5.75 Å². The maximum absolute atomic E-state index is 12.8. The number of para-hydroxylation sites is 2. The van der Waals surface area contributed by atoms with Gasteiger partial charge in [-0.3, -0.25) is 9.59 Å².